The summed E-state index contributed by atoms with van der Waals surface area (Å²) in [6.45, 7) is -0.372. The summed E-state index contributed by atoms with van der Waals surface area (Å²) in [7, 11) is -3.69. The second kappa shape index (κ2) is 10.6. The molecule has 0 aliphatic heterocycles. The summed E-state index contributed by atoms with van der Waals surface area (Å²) in [5, 5.41) is 3.36. The van der Waals surface area contributed by atoms with E-state index in [1.165, 1.54) is 30.3 Å². The van der Waals surface area contributed by atoms with Crippen molar-refractivity contribution in [3.05, 3.63) is 50.4 Å². The first-order valence-corrected chi connectivity index (χ1v) is 12.5. The van der Waals surface area contributed by atoms with Gasteiger partial charge in [0.1, 0.15) is 5.75 Å². The third-order valence-corrected chi connectivity index (χ3v) is 7.63. The second-order valence-electron chi connectivity index (χ2n) is 7.13. The van der Waals surface area contributed by atoms with Gasteiger partial charge in [-0.05, 0) is 43.2 Å². The fourth-order valence-corrected chi connectivity index (χ4v) is 5.45. The molecule has 3 rings (SSSR count). The second-order valence-corrected chi connectivity index (χ2v) is 10.5. The van der Waals surface area contributed by atoms with Crippen LogP contribution < -0.4 is 14.8 Å². The highest BCUT2D eigenvalue weighted by atomic mass is 35.5. The van der Waals surface area contributed by atoms with Gasteiger partial charge in [0, 0.05) is 6.04 Å². The van der Waals surface area contributed by atoms with Crippen molar-refractivity contribution in [3.63, 3.8) is 0 Å². The molecule has 0 radical (unpaired) electrons. The molecule has 11 heteroatoms. The molecular weight excluding hydrogens is 506 g/mol. The average molecular weight is 526 g/mol. The van der Waals surface area contributed by atoms with Crippen LogP contribution in [-0.4, -0.2) is 27.0 Å². The summed E-state index contributed by atoms with van der Waals surface area (Å²) in [4.78, 5) is 12.2. The highest BCUT2D eigenvalue weighted by molar-refractivity contribution is 7.89. The third kappa shape index (κ3) is 6.63. The van der Waals surface area contributed by atoms with Crippen LogP contribution in [0.5, 0.6) is 5.75 Å². The predicted molar refractivity (Wildman–Crippen MR) is 124 cm³/mol. The van der Waals surface area contributed by atoms with Crippen molar-refractivity contribution in [2.75, 3.05) is 11.9 Å². The Hall–Kier alpha value is -1.22. The number of amides is 1. The van der Waals surface area contributed by atoms with E-state index in [2.05, 4.69) is 10.0 Å². The van der Waals surface area contributed by atoms with Gasteiger partial charge in [-0.15, -0.1) is 0 Å². The van der Waals surface area contributed by atoms with Gasteiger partial charge in [-0.25, -0.2) is 13.1 Å². The van der Waals surface area contributed by atoms with E-state index >= 15 is 0 Å². The Labute approximate surface area is 201 Å². The number of benzene rings is 2. The molecular formula is C20H20Cl4N2O4S. The first-order valence-electron chi connectivity index (χ1n) is 9.55. The number of carbonyl (C=O) groups is 1. The van der Waals surface area contributed by atoms with Crippen LogP contribution in [-0.2, 0) is 14.8 Å². The molecule has 2 aromatic rings. The van der Waals surface area contributed by atoms with Gasteiger partial charge in [0.2, 0.25) is 10.0 Å². The summed E-state index contributed by atoms with van der Waals surface area (Å²) in [5.41, 5.74) is 0.283. The minimum absolute atomic E-state index is 0.0439. The predicted octanol–water partition coefficient (Wildman–Crippen LogP) is 5.93. The summed E-state index contributed by atoms with van der Waals surface area (Å²) in [6, 6.07) is 6.88. The number of hydrogen-bond acceptors (Lipinski definition) is 4. The largest absolute Gasteiger partial charge is 0.482 e. The van der Waals surface area contributed by atoms with Gasteiger partial charge in [0.05, 0.1) is 30.7 Å². The van der Waals surface area contributed by atoms with Gasteiger partial charge in [-0.2, -0.15) is 0 Å². The number of ether oxygens (including phenoxy) is 1. The van der Waals surface area contributed by atoms with Crippen LogP contribution >= 0.6 is 46.4 Å². The molecule has 0 heterocycles. The van der Waals surface area contributed by atoms with Crippen LogP contribution in [0.3, 0.4) is 0 Å². The zero-order valence-electron chi connectivity index (χ0n) is 16.3. The van der Waals surface area contributed by atoms with Crippen LogP contribution in [0.25, 0.3) is 0 Å². The molecule has 1 fully saturated rings. The molecule has 1 aliphatic rings. The van der Waals surface area contributed by atoms with Crippen LogP contribution in [0.4, 0.5) is 5.69 Å². The first kappa shape index (κ1) is 24.4. The SMILES string of the molecule is O=C(COc1ccc(S(=O)(=O)NC2CCCCC2)cc1Cl)Nc1cc(Cl)c(Cl)cc1Cl. The molecule has 31 heavy (non-hydrogen) atoms. The van der Waals surface area contributed by atoms with Crippen molar-refractivity contribution in [2.24, 2.45) is 0 Å². The summed E-state index contributed by atoms with van der Waals surface area (Å²) in [6.07, 6.45) is 4.80. The molecule has 1 amide bonds. The molecule has 168 valence electrons. The van der Waals surface area contributed by atoms with E-state index in [9.17, 15) is 13.2 Å². The van der Waals surface area contributed by atoms with E-state index < -0.39 is 15.9 Å². The Morgan fingerprint density at radius 2 is 1.61 bits per heavy atom. The molecule has 0 spiro atoms. The zero-order valence-corrected chi connectivity index (χ0v) is 20.1. The number of halogens is 4. The molecule has 0 bridgehead atoms. The zero-order chi connectivity index (χ0) is 22.6. The highest BCUT2D eigenvalue weighted by Gasteiger charge is 2.23. The lowest BCUT2D eigenvalue weighted by Crippen LogP contribution is -2.36. The highest BCUT2D eigenvalue weighted by Crippen LogP contribution is 2.32. The van der Waals surface area contributed by atoms with E-state index in [-0.39, 0.29) is 49.1 Å². The first-order chi connectivity index (χ1) is 14.7. The van der Waals surface area contributed by atoms with E-state index in [1.807, 2.05) is 0 Å². The molecule has 0 aromatic heterocycles. The maximum Gasteiger partial charge on any atom is 0.262 e. The van der Waals surface area contributed by atoms with Gasteiger partial charge < -0.3 is 10.1 Å². The molecule has 6 nitrogen and oxygen atoms in total. The van der Waals surface area contributed by atoms with Gasteiger partial charge in [0.15, 0.2) is 6.61 Å². The van der Waals surface area contributed by atoms with Crippen molar-refractivity contribution in [1.29, 1.82) is 0 Å². The number of anilines is 1. The third-order valence-electron chi connectivity index (χ3n) is 4.78. The van der Waals surface area contributed by atoms with E-state index in [1.54, 1.807) is 0 Å². The minimum atomic E-state index is -3.69. The number of rotatable bonds is 7. The Bertz CT molecular complexity index is 1070. The van der Waals surface area contributed by atoms with Crippen LogP contribution in [0.2, 0.25) is 20.1 Å². The van der Waals surface area contributed by atoms with Crippen LogP contribution in [0.15, 0.2) is 35.2 Å². The lowest BCUT2D eigenvalue weighted by molar-refractivity contribution is -0.118. The van der Waals surface area contributed by atoms with Crippen molar-refractivity contribution < 1.29 is 17.9 Å². The van der Waals surface area contributed by atoms with Gasteiger partial charge in [0.25, 0.3) is 5.91 Å². The fourth-order valence-electron chi connectivity index (χ4n) is 3.22. The van der Waals surface area contributed by atoms with Crippen LogP contribution in [0, 0.1) is 0 Å². The molecule has 1 saturated carbocycles. The maximum absolute atomic E-state index is 12.6. The fraction of sp³-hybridized carbons (Fsp3) is 0.350. The van der Waals surface area contributed by atoms with E-state index in [0.717, 1.165) is 32.1 Å². The summed E-state index contributed by atoms with van der Waals surface area (Å²) >= 11 is 24.0. The van der Waals surface area contributed by atoms with Gasteiger partial charge >= 0.3 is 0 Å². The standard InChI is InChI=1S/C20H20Cl4N2O4S/c21-14-9-16(23)18(10-15(14)22)25-20(27)11-30-19-7-6-13(8-17(19)24)31(28,29)26-12-4-2-1-3-5-12/h6-10,12,26H,1-5,11H2,(H,25,27). The monoisotopic (exact) mass is 524 g/mol. The van der Waals surface area contributed by atoms with Crippen molar-refractivity contribution in [1.82, 2.24) is 4.72 Å². The quantitative estimate of drug-likeness (QED) is 0.439. The van der Waals surface area contributed by atoms with Crippen molar-refractivity contribution >= 4 is 68.0 Å². The normalized spacial score (nSPS) is 15.0. The van der Waals surface area contributed by atoms with Crippen molar-refractivity contribution in [3.8, 4) is 5.75 Å². The van der Waals surface area contributed by atoms with Crippen molar-refractivity contribution in [2.45, 2.75) is 43.0 Å². The Kier molecular flexibility index (Phi) is 8.35. The van der Waals surface area contributed by atoms with E-state index in [0.29, 0.717) is 0 Å². The Morgan fingerprint density at radius 1 is 0.935 bits per heavy atom. The Morgan fingerprint density at radius 3 is 2.29 bits per heavy atom. The minimum Gasteiger partial charge on any atom is -0.482 e. The molecule has 2 aromatic carbocycles. The maximum atomic E-state index is 12.6. The number of hydrogen-bond donors (Lipinski definition) is 2. The summed E-state index contributed by atoms with van der Waals surface area (Å²) in [5.74, 6) is -0.333. The molecule has 2 N–H and O–H groups in total. The van der Waals surface area contributed by atoms with Gasteiger partial charge in [-0.3, -0.25) is 4.79 Å². The number of sulfonamides is 1. The van der Waals surface area contributed by atoms with E-state index in [4.69, 9.17) is 51.1 Å². The average Bonchev–Trinajstić information content (AvgIpc) is 2.71. The number of carbonyl (C=O) groups excluding carboxylic acids is 1. The van der Waals surface area contributed by atoms with Gasteiger partial charge in [-0.1, -0.05) is 65.7 Å². The molecule has 1 aliphatic carbocycles. The Balaban J connectivity index is 1.61. The molecule has 0 saturated heterocycles. The molecule has 0 unspecified atom stereocenters. The number of nitrogens with one attached hydrogen (secondary N) is 2. The van der Waals surface area contributed by atoms with Crippen LogP contribution in [0.1, 0.15) is 32.1 Å². The topological polar surface area (TPSA) is 84.5 Å². The lowest BCUT2D eigenvalue weighted by atomic mass is 9.96. The lowest BCUT2D eigenvalue weighted by Gasteiger charge is -2.22. The summed E-state index contributed by atoms with van der Waals surface area (Å²) < 4.78 is 33.4. The molecule has 0 atom stereocenters. The smallest absolute Gasteiger partial charge is 0.262 e.